The molecule has 0 fully saturated rings. The number of halogens is 1. The van der Waals surface area contributed by atoms with E-state index in [1.807, 2.05) is 30.3 Å². The molecule has 2 spiro atoms. The standard InChI is InChI=1S/C17H12FNO4.C16H11NO4/c18-11-3-1-2-9-15(11)19-16(20)17(9)8-23-12-7-14-13(6-10(12)17)21-4-5-22-14;18-15-16(9-3-1-2-4-11(9)17-15)7-19-12-6-14-13(5-10(12)16)20-8-21-14/h1-3,6-7H,4-5,8H2,(H,19,20);1-6H,7-8H2,(H,17,18). The van der Waals surface area contributed by atoms with E-state index < -0.39 is 16.6 Å². The molecule has 10 rings (SSSR count). The summed E-state index contributed by atoms with van der Waals surface area (Å²) in [4.78, 5) is 25.4. The number of amides is 2. The molecule has 0 aromatic heterocycles. The molecule has 0 radical (unpaired) electrons. The highest BCUT2D eigenvalue weighted by atomic mass is 19.1. The van der Waals surface area contributed by atoms with E-state index in [9.17, 15) is 14.0 Å². The third-order valence-corrected chi connectivity index (χ3v) is 9.05. The van der Waals surface area contributed by atoms with E-state index in [2.05, 4.69) is 10.6 Å². The number of anilines is 2. The van der Waals surface area contributed by atoms with E-state index in [0.29, 0.717) is 65.4 Å². The summed E-state index contributed by atoms with van der Waals surface area (Å²) in [6, 6.07) is 19.6. The van der Waals surface area contributed by atoms with Crippen LogP contribution < -0.4 is 39.1 Å². The molecule has 4 aromatic carbocycles. The van der Waals surface area contributed by atoms with Crippen LogP contribution in [0.25, 0.3) is 0 Å². The number of hydrogen-bond donors (Lipinski definition) is 2. The van der Waals surface area contributed by atoms with Crippen LogP contribution in [0.3, 0.4) is 0 Å². The third-order valence-electron chi connectivity index (χ3n) is 9.05. The van der Waals surface area contributed by atoms with Gasteiger partial charge in [-0.3, -0.25) is 9.59 Å². The molecular formula is C33H23FN2O8. The van der Waals surface area contributed by atoms with Gasteiger partial charge in [0.15, 0.2) is 23.0 Å². The minimum absolute atomic E-state index is 0.0543. The number of nitrogens with one attached hydrogen (secondary N) is 2. The van der Waals surface area contributed by atoms with Crippen LogP contribution in [0.5, 0.6) is 34.5 Å². The summed E-state index contributed by atoms with van der Waals surface area (Å²) in [7, 11) is 0. The molecule has 10 nitrogen and oxygen atoms in total. The number of hydrogen-bond acceptors (Lipinski definition) is 8. The molecule has 0 aliphatic carbocycles. The van der Waals surface area contributed by atoms with Crippen LogP contribution in [-0.2, 0) is 20.4 Å². The summed E-state index contributed by atoms with van der Waals surface area (Å²) in [5.41, 5.74) is 2.32. The minimum atomic E-state index is -1.04. The van der Waals surface area contributed by atoms with Crippen LogP contribution in [0.1, 0.15) is 22.3 Å². The van der Waals surface area contributed by atoms with Gasteiger partial charge in [0, 0.05) is 34.5 Å². The second-order valence-electron chi connectivity index (χ2n) is 11.2. The summed E-state index contributed by atoms with van der Waals surface area (Å²) >= 11 is 0. The largest absolute Gasteiger partial charge is 0.491 e. The Hall–Kier alpha value is -5.45. The second kappa shape index (κ2) is 8.79. The molecule has 2 atom stereocenters. The molecule has 4 aromatic rings. The summed E-state index contributed by atoms with van der Waals surface area (Å²) in [5.74, 6) is 2.98. The molecule has 2 amide bonds. The zero-order valence-corrected chi connectivity index (χ0v) is 23.0. The predicted molar refractivity (Wildman–Crippen MR) is 153 cm³/mol. The number of fused-ring (bicyclic) bond motifs is 10. The van der Waals surface area contributed by atoms with Crippen LogP contribution in [0.2, 0.25) is 0 Å². The molecule has 6 aliphatic heterocycles. The van der Waals surface area contributed by atoms with Gasteiger partial charge >= 0.3 is 0 Å². The number of benzene rings is 4. The maximum absolute atomic E-state index is 14.0. The van der Waals surface area contributed by atoms with Crippen LogP contribution in [0, 0.1) is 5.82 Å². The van der Waals surface area contributed by atoms with Gasteiger partial charge < -0.3 is 39.1 Å². The molecule has 2 N–H and O–H groups in total. The van der Waals surface area contributed by atoms with Crippen molar-refractivity contribution >= 4 is 23.2 Å². The van der Waals surface area contributed by atoms with Gasteiger partial charge in [0.1, 0.15) is 54.6 Å². The van der Waals surface area contributed by atoms with Crippen molar-refractivity contribution in [2.45, 2.75) is 10.8 Å². The first-order valence-electron chi connectivity index (χ1n) is 14.1. The summed E-state index contributed by atoms with van der Waals surface area (Å²) in [6.45, 7) is 1.57. The third kappa shape index (κ3) is 3.18. The van der Waals surface area contributed by atoms with E-state index >= 15 is 0 Å². The van der Waals surface area contributed by atoms with Crippen LogP contribution >= 0.6 is 0 Å². The van der Waals surface area contributed by atoms with Crippen LogP contribution in [0.4, 0.5) is 15.8 Å². The Morgan fingerprint density at radius 2 is 1.14 bits per heavy atom. The molecule has 0 bridgehead atoms. The molecule has 6 aliphatic rings. The fraction of sp³-hybridized carbons (Fsp3) is 0.212. The summed E-state index contributed by atoms with van der Waals surface area (Å²) < 4.78 is 47.6. The number of carbonyl (C=O) groups is 2. The Kier molecular flexibility index (Phi) is 5.01. The van der Waals surface area contributed by atoms with Crippen LogP contribution in [0.15, 0.2) is 66.7 Å². The molecule has 0 saturated carbocycles. The van der Waals surface area contributed by atoms with Gasteiger partial charge in [0.05, 0.1) is 5.69 Å². The van der Waals surface area contributed by atoms with Crippen molar-refractivity contribution in [2.75, 3.05) is 43.9 Å². The summed E-state index contributed by atoms with van der Waals surface area (Å²) in [6.07, 6.45) is 0. The van der Waals surface area contributed by atoms with Gasteiger partial charge in [-0.05, 0) is 29.8 Å². The maximum Gasteiger partial charge on any atom is 0.243 e. The van der Waals surface area contributed by atoms with E-state index in [0.717, 1.165) is 16.8 Å². The van der Waals surface area contributed by atoms with Crippen molar-refractivity contribution in [2.24, 2.45) is 0 Å². The zero-order valence-electron chi connectivity index (χ0n) is 23.0. The van der Waals surface area contributed by atoms with Crippen molar-refractivity contribution < 1.29 is 42.4 Å². The molecular weight excluding hydrogens is 571 g/mol. The van der Waals surface area contributed by atoms with Crippen LogP contribution in [-0.4, -0.2) is 45.0 Å². The molecule has 0 saturated heterocycles. The minimum Gasteiger partial charge on any atom is -0.491 e. The first-order chi connectivity index (χ1) is 21.5. The van der Waals surface area contributed by atoms with Gasteiger partial charge in [0.25, 0.3) is 0 Å². The lowest BCUT2D eigenvalue weighted by Crippen LogP contribution is -2.37. The number of rotatable bonds is 0. The average molecular weight is 595 g/mol. The zero-order chi connectivity index (χ0) is 29.6. The van der Waals surface area contributed by atoms with Crippen molar-refractivity contribution in [1.82, 2.24) is 0 Å². The number of carbonyl (C=O) groups excluding carboxylic acids is 2. The van der Waals surface area contributed by atoms with E-state index in [1.54, 1.807) is 30.3 Å². The first kappa shape index (κ1) is 25.1. The molecule has 220 valence electrons. The van der Waals surface area contributed by atoms with Crippen molar-refractivity contribution in [3.63, 3.8) is 0 Å². The van der Waals surface area contributed by atoms with Crippen molar-refractivity contribution in [3.05, 3.63) is 94.8 Å². The molecule has 11 heteroatoms. The Balaban J connectivity index is 0.000000123. The Morgan fingerprint density at radius 3 is 1.86 bits per heavy atom. The van der Waals surface area contributed by atoms with Gasteiger partial charge in [0.2, 0.25) is 18.6 Å². The Labute approximate surface area is 249 Å². The summed E-state index contributed by atoms with van der Waals surface area (Å²) in [5, 5.41) is 5.60. The fourth-order valence-corrected chi connectivity index (χ4v) is 6.91. The van der Waals surface area contributed by atoms with E-state index in [4.69, 9.17) is 28.4 Å². The number of ether oxygens (including phenoxy) is 6. The highest BCUT2D eigenvalue weighted by Crippen LogP contribution is 2.54. The molecule has 6 heterocycles. The van der Waals surface area contributed by atoms with Gasteiger partial charge in [-0.1, -0.05) is 30.3 Å². The second-order valence-corrected chi connectivity index (χ2v) is 11.2. The highest BCUT2D eigenvalue weighted by Gasteiger charge is 2.56. The van der Waals surface area contributed by atoms with Gasteiger partial charge in [-0.15, -0.1) is 0 Å². The lowest BCUT2D eigenvalue weighted by molar-refractivity contribution is -0.120. The first-order valence-corrected chi connectivity index (χ1v) is 14.1. The van der Waals surface area contributed by atoms with E-state index in [1.165, 1.54) is 6.07 Å². The smallest absolute Gasteiger partial charge is 0.243 e. The lowest BCUT2D eigenvalue weighted by Gasteiger charge is -2.23. The number of para-hydroxylation sites is 2. The predicted octanol–water partition coefficient (Wildman–Crippen LogP) is 4.27. The van der Waals surface area contributed by atoms with Gasteiger partial charge in [-0.25, -0.2) is 4.39 Å². The molecule has 2 unspecified atom stereocenters. The lowest BCUT2D eigenvalue weighted by atomic mass is 9.77. The topological polar surface area (TPSA) is 114 Å². The SMILES string of the molecule is O=C1Nc2c(F)cccc2C12COc1cc3c(cc12)OCCO3.O=C1Nc2ccccc2C12COc1cc3c(cc12)OCO3. The Bertz CT molecular complexity index is 1950. The Morgan fingerprint density at radius 1 is 0.568 bits per heavy atom. The average Bonchev–Trinajstić information content (AvgIpc) is 3.85. The fourth-order valence-electron chi connectivity index (χ4n) is 6.91. The maximum atomic E-state index is 14.0. The normalized spacial score (nSPS) is 23.5. The highest BCUT2D eigenvalue weighted by molar-refractivity contribution is 6.11. The van der Waals surface area contributed by atoms with Crippen molar-refractivity contribution in [1.29, 1.82) is 0 Å². The molecule has 44 heavy (non-hydrogen) atoms. The quantitative estimate of drug-likeness (QED) is 0.311. The van der Waals surface area contributed by atoms with Crippen molar-refractivity contribution in [3.8, 4) is 34.5 Å². The monoisotopic (exact) mass is 594 g/mol. The van der Waals surface area contributed by atoms with E-state index in [-0.39, 0.29) is 30.9 Å². The van der Waals surface area contributed by atoms with Gasteiger partial charge in [-0.2, -0.15) is 0 Å².